The van der Waals surface area contributed by atoms with Crippen LogP contribution in [0, 0.1) is 5.92 Å². The lowest BCUT2D eigenvalue weighted by Crippen LogP contribution is -2.17. The van der Waals surface area contributed by atoms with E-state index in [2.05, 4.69) is 0 Å². The van der Waals surface area contributed by atoms with Crippen molar-refractivity contribution in [1.82, 2.24) is 0 Å². The van der Waals surface area contributed by atoms with Crippen LogP contribution in [0.2, 0.25) is 0 Å². The number of rotatable bonds is 3. The van der Waals surface area contributed by atoms with Gasteiger partial charge in [-0.05, 0) is 17.7 Å². The maximum atomic E-state index is 11.2. The summed E-state index contributed by atoms with van der Waals surface area (Å²) in [5.74, 6) is -1.72. The summed E-state index contributed by atoms with van der Waals surface area (Å²) in [5, 5.41) is 9.03. The van der Waals surface area contributed by atoms with E-state index in [1.165, 1.54) is 7.11 Å². The van der Waals surface area contributed by atoms with Crippen LogP contribution in [0.15, 0.2) is 24.3 Å². The lowest BCUT2D eigenvalue weighted by atomic mass is 9.95. The molecule has 1 saturated heterocycles. The number of carboxylic acids is 1. The number of carboxylic acid groups (broad SMARTS) is 1. The van der Waals surface area contributed by atoms with Gasteiger partial charge in [0.15, 0.2) is 0 Å². The predicted octanol–water partition coefficient (Wildman–Crippen LogP) is 1.38. The third kappa shape index (κ3) is 2.22. The summed E-state index contributed by atoms with van der Waals surface area (Å²) < 4.78 is 10.1. The molecule has 0 aromatic heterocycles. The Kier molecular flexibility index (Phi) is 2.99. The second-order valence-corrected chi connectivity index (χ2v) is 3.84. The molecular weight excluding hydrogens is 224 g/mol. The van der Waals surface area contributed by atoms with Crippen molar-refractivity contribution in [2.45, 2.75) is 12.5 Å². The highest BCUT2D eigenvalue weighted by Gasteiger charge is 2.40. The summed E-state index contributed by atoms with van der Waals surface area (Å²) in [7, 11) is 1.52. The maximum absolute atomic E-state index is 11.2. The molecule has 1 aromatic rings. The van der Waals surface area contributed by atoms with E-state index >= 15 is 0 Å². The Morgan fingerprint density at radius 2 is 2.29 bits per heavy atom. The first-order chi connectivity index (χ1) is 8.11. The van der Waals surface area contributed by atoms with E-state index in [0.717, 1.165) is 0 Å². The van der Waals surface area contributed by atoms with E-state index in [1.807, 2.05) is 0 Å². The lowest BCUT2D eigenvalue weighted by Gasteiger charge is -2.15. The number of methoxy groups -OCH3 is 1. The van der Waals surface area contributed by atoms with Crippen molar-refractivity contribution in [3.63, 3.8) is 0 Å². The standard InChI is InChI=1S/C12H12O5/c1-16-8-4-2-3-7(5-8)11-9(12(14)15)6-10(13)17-11/h2-5,9,11H,6H2,1H3,(H,14,15)/t9-,11-/m0/s1. The number of hydrogen-bond donors (Lipinski definition) is 1. The lowest BCUT2D eigenvalue weighted by molar-refractivity contribution is -0.144. The summed E-state index contributed by atoms with van der Waals surface area (Å²) in [6.07, 6.45) is -0.813. The first kappa shape index (κ1) is 11.4. The first-order valence-electron chi connectivity index (χ1n) is 5.18. The van der Waals surface area contributed by atoms with Crippen LogP contribution in [-0.4, -0.2) is 24.2 Å². The number of benzene rings is 1. The van der Waals surface area contributed by atoms with Crippen molar-refractivity contribution in [3.8, 4) is 5.75 Å². The molecule has 0 spiro atoms. The van der Waals surface area contributed by atoms with E-state index in [4.69, 9.17) is 14.6 Å². The van der Waals surface area contributed by atoms with Crippen molar-refractivity contribution >= 4 is 11.9 Å². The maximum Gasteiger partial charge on any atom is 0.311 e. The van der Waals surface area contributed by atoms with Gasteiger partial charge in [0.1, 0.15) is 17.8 Å². The third-order valence-corrected chi connectivity index (χ3v) is 2.75. The molecule has 0 saturated carbocycles. The van der Waals surface area contributed by atoms with Crippen molar-refractivity contribution in [2.24, 2.45) is 5.92 Å². The number of ether oxygens (including phenoxy) is 2. The van der Waals surface area contributed by atoms with Crippen LogP contribution in [0.25, 0.3) is 0 Å². The molecule has 90 valence electrons. The van der Waals surface area contributed by atoms with E-state index in [-0.39, 0.29) is 6.42 Å². The molecule has 2 rings (SSSR count). The molecule has 1 N–H and O–H groups in total. The molecule has 1 aromatic carbocycles. The molecule has 1 fully saturated rings. The molecule has 5 nitrogen and oxygen atoms in total. The fourth-order valence-corrected chi connectivity index (χ4v) is 1.89. The first-order valence-corrected chi connectivity index (χ1v) is 5.18. The summed E-state index contributed by atoms with van der Waals surface area (Å²) in [4.78, 5) is 22.2. The van der Waals surface area contributed by atoms with Gasteiger partial charge in [0.05, 0.1) is 13.5 Å². The minimum Gasteiger partial charge on any atom is -0.497 e. The average Bonchev–Trinajstić information content (AvgIpc) is 2.72. The topological polar surface area (TPSA) is 72.8 Å². The molecule has 1 aliphatic rings. The van der Waals surface area contributed by atoms with Crippen LogP contribution in [0.3, 0.4) is 0 Å². The van der Waals surface area contributed by atoms with Crippen molar-refractivity contribution in [2.75, 3.05) is 7.11 Å². The van der Waals surface area contributed by atoms with E-state index < -0.39 is 24.0 Å². The van der Waals surface area contributed by atoms with Crippen molar-refractivity contribution in [1.29, 1.82) is 0 Å². The molecule has 0 radical (unpaired) electrons. The summed E-state index contributed by atoms with van der Waals surface area (Å²) >= 11 is 0. The smallest absolute Gasteiger partial charge is 0.311 e. The second-order valence-electron chi connectivity index (χ2n) is 3.84. The van der Waals surface area contributed by atoms with Crippen molar-refractivity contribution in [3.05, 3.63) is 29.8 Å². The highest BCUT2D eigenvalue weighted by molar-refractivity contribution is 5.82. The van der Waals surface area contributed by atoms with Crippen LogP contribution in [0.4, 0.5) is 0 Å². The quantitative estimate of drug-likeness (QED) is 0.803. The number of esters is 1. The predicted molar refractivity (Wildman–Crippen MR) is 57.6 cm³/mol. The largest absolute Gasteiger partial charge is 0.497 e. The Balaban J connectivity index is 2.31. The number of hydrogen-bond acceptors (Lipinski definition) is 4. The number of carbonyl (C=O) groups is 2. The van der Waals surface area contributed by atoms with Gasteiger partial charge in [-0.3, -0.25) is 9.59 Å². The summed E-state index contributed by atoms with van der Waals surface area (Å²) in [6.45, 7) is 0. The molecular formula is C12H12O5. The Morgan fingerprint density at radius 1 is 1.53 bits per heavy atom. The summed E-state index contributed by atoms with van der Waals surface area (Å²) in [5.41, 5.74) is 0.641. The van der Waals surface area contributed by atoms with Gasteiger partial charge in [-0.1, -0.05) is 12.1 Å². The van der Waals surface area contributed by atoms with Gasteiger partial charge in [-0.25, -0.2) is 0 Å². The van der Waals surface area contributed by atoms with Gasteiger partial charge in [-0.15, -0.1) is 0 Å². The zero-order valence-corrected chi connectivity index (χ0v) is 9.25. The number of cyclic esters (lactones) is 1. The zero-order valence-electron chi connectivity index (χ0n) is 9.25. The highest BCUT2D eigenvalue weighted by atomic mass is 16.6. The number of aliphatic carboxylic acids is 1. The fourth-order valence-electron chi connectivity index (χ4n) is 1.89. The van der Waals surface area contributed by atoms with Crippen LogP contribution in [-0.2, 0) is 14.3 Å². The molecule has 0 bridgehead atoms. The number of carbonyl (C=O) groups excluding carboxylic acids is 1. The van der Waals surface area contributed by atoms with Crippen molar-refractivity contribution < 1.29 is 24.2 Å². The fraction of sp³-hybridized carbons (Fsp3) is 0.333. The Morgan fingerprint density at radius 3 is 2.94 bits per heavy atom. The third-order valence-electron chi connectivity index (χ3n) is 2.75. The normalized spacial score (nSPS) is 23.2. The Bertz CT molecular complexity index is 454. The summed E-state index contributed by atoms with van der Waals surface area (Å²) in [6, 6.07) is 6.89. The molecule has 1 heterocycles. The van der Waals surface area contributed by atoms with Crippen LogP contribution < -0.4 is 4.74 Å². The monoisotopic (exact) mass is 236 g/mol. The molecule has 2 atom stereocenters. The van der Waals surface area contributed by atoms with Gasteiger partial charge in [0.25, 0.3) is 0 Å². The van der Waals surface area contributed by atoms with Crippen LogP contribution in [0.1, 0.15) is 18.1 Å². The van der Waals surface area contributed by atoms with E-state index in [1.54, 1.807) is 24.3 Å². The van der Waals surface area contributed by atoms with E-state index in [9.17, 15) is 9.59 Å². The van der Waals surface area contributed by atoms with Gasteiger partial charge in [0, 0.05) is 0 Å². The molecule has 0 unspecified atom stereocenters. The van der Waals surface area contributed by atoms with Gasteiger partial charge in [0.2, 0.25) is 0 Å². The van der Waals surface area contributed by atoms with Gasteiger partial charge < -0.3 is 14.6 Å². The zero-order chi connectivity index (χ0) is 12.4. The molecule has 5 heteroatoms. The molecule has 17 heavy (non-hydrogen) atoms. The highest BCUT2D eigenvalue weighted by Crippen LogP contribution is 2.36. The Hall–Kier alpha value is -2.04. The molecule has 0 aliphatic carbocycles. The van der Waals surface area contributed by atoms with Crippen LogP contribution in [0.5, 0.6) is 5.75 Å². The minimum atomic E-state index is -1.02. The second kappa shape index (κ2) is 4.45. The minimum absolute atomic E-state index is 0.0861. The molecule has 1 aliphatic heterocycles. The SMILES string of the molecule is COc1cccc([C@@H]2OC(=O)C[C@@H]2C(=O)O)c1. The average molecular weight is 236 g/mol. The van der Waals surface area contributed by atoms with Gasteiger partial charge >= 0.3 is 11.9 Å². The van der Waals surface area contributed by atoms with E-state index in [0.29, 0.717) is 11.3 Å². The Labute approximate surface area is 98.0 Å². The molecule has 0 amide bonds. The van der Waals surface area contributed by atoms with Gasteiger partial charge in [-0.2, -0.15) is 0 Å². The van der Waals surface area contributed by atoms with Crippen LogP contribution >= 0.6 is 0 Å².